The molecule has 2 rings (SSSR count). The second-order valence-corrected chi connectivity index (χ2v) is 5.73. The third-order valence-electron chi connectivity index (χ3n) is 4.84. The first-order chi connectivity index (χ1) is 7.53. The van der Waals surface area contributed by atoms with Crippen LogP contribution in [0.4, 0.5) is 13.2 Å². The average molecular weight is 248 g/mol. The van der Waals surface area contributed by atoms with Crippen molar-refractivity contribution < 1.29 is 23.1 Å². The lowest BCUT2D eigenvalue weighted by atomic mass is 9.70. The molecule has 1 N–H and O–H groups in total. The lowest BCUT2D eigenvalue weighted by molar-refractivity contribution is -0.131. The van der Waals surface area contributed by atoms with Crippen molar-refractivity contribution in [2.75, 3.05) is 0 Å². The highest BCUT2D eigenvalue weighted by Gasteiger charge is 2.66. The molecule has 2 saturated carbocycles. The number of rotatable bonds is 0. The Labute approximate surface area is 97.5 Å². The largest absolute Gasteiger partial charge is 0.504 e. The van der Waals surface area contributed by atoms with E-state index in [1.807, 2.05) is 0 Å². The fourth-order valence-corrected chi connectivity index (χ4v) is 3.29. The van der Waals surface area contributed by atoms with Gasteiger partial charge < -0.3 is 5.11 Å². The van der Waals surface area contributed by atoms with E-state index >= 15 is 0 Å². The van der Waals surface area contributed by atoms with Gasteiger partial charge in [0.25, 0.3) is 0 Å². The number of ketones is 1. The molecule has 0 aromatic rings. The molecule has 2 aliphatic carbocycles. The van der Waals surface area contributed by atoms with E-state index in [2.05, 4.69) is 0 Å². The van der Waals surface area contributed by atoms with Gasteiger partial charge in [-0.2, -0.15) is 13.2 Å². The van der Waals surface area contributed by atoms with E-state index in [-0.39, 0.29) is 0 Å². The van der Waals surface area contributed by atoms with Crippen LogP contribution in [0.3, 0.4) is 0 Å². The van der Waals surface area contributed by atoms with Crippen molar-refractivity contribution in [2.24, 2.45) is 16.7 Å². The lowest BCUT2D eigenvalue weighted by Gasteiger charge is -2.31. The van der Waals surface area contributed by atoms with Gasteiger partial charge in [0.2, 0.25) is 5.76 Å². The molecule has 2 bridgehead atoms. The molecule has 0 amide bonds. The predicted molar refractivity (Wildman–Crippen MR) is 55.3 cm³/mol. The van der Waals surface area contributed by atoms with Crippen molar-refractivity contribution >= 4 is 5.78 Å². The number of fused-ring (bicyclic) bond motifs is 2. The molecule has 2 aliphatic rings. The van der Waals surface area contributed by atoms with Crippen LogP contribution in [-0.4, -0.2) is 17.1 Å². The normalized spacial score (nSPS) is 38.7. The molecule has 96 valence electrons. The number of Topliss-reactive ketones (excluding diaryl/α,β-unsaturated/α-hetero) is 1. The Morgan fingerprint density at radius 2 is 1.88 bits per heavy atom. The Kier molecular flexibility index (Phi) is 2.24. The first-order valence-corrected chi connectivity index (χ1v) is 5.58. The van der Waals surface area contributed by atoms with Gasteiger partial charge in [-0.25, -0.2) is 0 Å². The zero-order valence-electron chi connectivity index (χ0n) is 9.98. The molecule has 0 saturated heterocycles. The van der Waals surface area contributed by atoms with Crippen LogP contribution in [0.1, 0.15) is 33.6 Å². The number of hydrogen-bond acceptors (Lipinski definition) is 2. The Morgan fingerprint density at radius 1 is 1.35 bits per heavy atom. The fraction of sp³-hybridized carbons (Fsp3) is 0.750. The van der Waals surface area contributed by atoms with Crippen LogP contribution >= 0.6 is 0 Å². The van der Waals surface area contributed by atoms with Crippen molar-refractivity contribution in [1.82, 2.24) is 0 Å². The highest BCUT2D eigenvalue weighted by Crippen LogP contribution is 2.66. The Morgan fingerprint density at radius 3 is 2.24 bits per heavy atom. The van der Waals surface area contributed by atoms with Crippen LogP contribution in [0.15, 0.2) is 11.3 Å². The first-order valence-electron chi connectivity index (χ1n) is 5.58. The molecule has 5 heteroatoms. The minimum absolute atomic E-state index is 0.406. The molecule has 2 nitrogen and oxygen atoms in total. The molecule has 0 aliphatic heterocycles. The fourth-order valence-electron chi connectivity index (χ4n) is 3.29. The summed E-state index contributed by atoms with van der Waals surface area (Å²) in [7, 11) is 0. The minimum Gasteiger partial charge on any atom is -0.504 e. The summed E-state index contributed by atoms with van der Waals surface area (Å²) in [6, 6.07) is 0. The Hall–Kier alpha value is -1.00. The monoisotopic (exact) mass is 248 g/mol. The van der Waals surface area contributed by atoms with Crippen LogP contribution in [0, 0.1) is 16.7 Å². The molecule has 0 aromatic carbocycles. The van der Waals surface area contributed by atoms with Crippen LogP contribution in [0.25, 0.3) is 0 Å². The summed E-state index contributed by atoms with van der Waals surface area (Å²) < 4.78 is 37.5. The summed E-state index contributed by atoms with van der Waals surface area (Å²) in [5.74, 6) is -2.71. The van der Waals surface area contributed by atoms with E-state index in [1.54, 1.807) is 20.8 Å². The second kappa shape index (κ2) is 3.06. The van der Waals surface area contributed by atoms with E-state index in [9.17, 15) is 23.1 Å². The van der Waals surface area contributed by atoms with Gasteiger partial charge in [-0.15, -0.1) is 0 Å². The maximum absolute atomic E-state index is 12.5. The predicted octanol–water partition coefficient (Wildman–Crippen LogP) is 3.39. The third-order valence-corrected chi connectivity index (χ3v) is 4.84. The molecular weight excluding hydrogens is 233 g/mol. The van der Waals surface area contributed by atoms with Gasteiger partial charge in [0.15, 0.2) is 5.78 Å². The van der Waals surface area contributed by atoms with Gasteiger partial charge in [-0.1, -0.05) is 20.8 Å². The van der Waals surface area contributed by atoms with Crippen molar-refractivity contribution in [2.45, 2.75) is 39.8 Å². The van der Waals surface area contributed by atoms with Crippen molar-refractivity contribution in [1.29, 1.82) is 0 Å². The van der Waals surface area contributed by atoms with E-state index in [0.717, 1.165) is 0 Å². The average Bonchev–Trinajstić information content (AvgIpc) is 2.47. The minimum atomic E-state index is -4.83. The molecule has 0 unspecified atom stereocenters. The maximum Gasteiger partial charge on any atom is 0.449 e. The summed E-state index contributed by atoms with van der Waals surface area (Å²) >= 11 is 0. The second-order valence-electron chi connectivity index (χ2n) is 5.73. The summed E-state index contributed by atoms with van der Waals surface area (Å²) in [4.78, 5) is 12.1. The highest BCUT2D eigenvalue weighted by molar-refractivity contribution is 6.05. The van der Waals surface area contributed by atoms with E-state index < -0.39 is 40.0 Å². The topological polar surface area (TPSA) is 37.3 Å². The molecule has 17 heavy (non-hydrogen) atoms. The van der Waals surface area contributed by atoms with Crippen LogP contribution in [0.2, 0.25) is 0 Å². The molecular formula is C12H15F3O2. The number of allylic oxidation sites excluding steroid dienone is 2. The van der Waals surface area contributed by atoms with Crippen molar-refractivity contribution in [3.63, 3.8) is 0 Å². The van der Waals surface area contributed by atoms with Crippen LogP contribution < -0.4 is 0 Å². The summed E-state index contributed by atoms with van der Waals surface area (Å²) in [5.41, 5.74) is -1.69. The number of carbonyl (C=O) groups excluding carboxylic acids is 1. The van der Waals surface area contributed by atoms with Gasteiger partial charge >= 0.3 is 6.18 Å². The summed E-state index contributed by atoms with van der Waals surface area (Å²) in [6.45, 7) is 5.31. The summed E-state index contributed by atoms with van der Waals surface area (Å²) in [5, 5.41) is 9.26. The number of alkyl halides is 3. The number of carbonyl (C=O) groups is 1. The third kappa shape index (κ3) is 1.31. The lowest BCUT2D eigenvalue weighted by Crippen LogP contribution is -2.32. The molecule has 0 radical (unpaired) electrons. The van der Waals surface area contributed by atoms with Gasteiger partial charge in [-0.05, 0) is 24.2 Å². The van der Waals surface area contributed by atoms with Gasteiger partial charge in [0.05, 0.1) is 0 Å². The smallest absolute Gasteiger partial charge is 0.449 e. The van der Waals surface area contributed by atoms with Gasteiger partial charge in [0, 0.05) is 11.0 Å². The maximum atomic E-state index is 12.5. The van der Waals surface area contributed by atoms with E-state index in [0.29, 0.717) is 12.8 Å². The quantitative estimate of drug-likeness (QED) is 0.527. The Bertz CT molecular complexity index is 420. The summed E-state index contributed by atoms with van der Waals surface area (Å²) in [6.07, 6.45) is -3.70. The van der Waals surface area contributed by atoms with E-state index in [1.165, 1.54) is 0 Å². The highest BCUT2D eigenvalue weighted by atomic mass is 19.4. The number of aliphatic hydroxyl groups is 1. The molecule has 2 fully saturated rings. The zero-order valence-corrected chi connectivity index (χ0v) is 9.98. The first kappa shape index (κ1) is 12.5. The van der Waals surface area contributed by atoms with Crippen LogP contribution in [0.5, 0.6) is 0 Å². The van der Waals surface area contributed by atoms with Gasteiger partial charge in [-0.3, -0.25) is 4.79 Å². The molecule has 2 atom stereocenters. The van der Waals surface area contributed by atoms with E-state index in [4.69, 9.17) is 0 Å². The number of hydrogen-bond donors (Lipinski definition) is 1. The van der Waals surface area contributed by atoms with Crippen molar-refractivity contribution in [3.8, 4) is 0 Å². The molecule has 0 aromatic heterocycles. The molecule has 0 spiro atoms. The van der Waals surface area contributed by atoms with Crippen LogP contribution in [-0.2, 0) is 4.79 Å². The SMILES string of the molecule is CC1(C)[C@H]2CC[C@@]1(C)C(=O)/C2=C(\O)C(F)(F)F. The Balaban J connectivity index is 2.60. The number of aliphatic hydroxyl groups excluding tert-OH is 1. The standard InChI is InChI=1S/C12H15F3O2/c1-10(2)6-4-5-11(10,3)8(16)7(6)9(17)12(13,14)15/h6,17H,4-5H2,1-3H3/b9-7-/t6-,11-/m0/s1. The molecule has 0 heterocycles. The number of halogens is 3. The van der Waals surface area contributed by atoms with Gasteiger partial charge in [0.1, 0.15) is 0 Å². The van der Waals surface area contributed by atoms with Crippen molar-refractivity contribution in [3.05, 3.63) is 11.3 Å². The zero-order chi connectivity index (χ0) is 13.2.